The molecule has 2 aromatic rings. The number of benzene rings is 1. The van der Waals surface area contributed by atoms with Gasteiger partial charge in [0.15, 0.2) is 5.69 Å². The maximum absolute atomic E-state index is 14.3. The van der Waals surface area contributed by atoms with Crippen molar-refractivity contribution in [2.75, 3.05) is 0 Å². The van der Waals surface area contributed by atoms with Gasteiger partial charge in [0.25, 0.3) is 5.91 Å². The Hall–Kier alpha value is -2.38. The number of carbonyl (C=O) groups excluding carboxylic acids is 2. The summed E-state index contributed by atoms with van der Waals surface area (Å²) in [6, 6.07) is 0. The average Bonchev–Trinajstić information content (AvgIpc) is 2.71. The molecule has 0 fully saturated rings. The lowest BCUT2D eigenvalue weighted by Crippen LogP contribution is -2.49. The Morgan fingerprint density at radius 3 is 2.03 bits per heavy atom. The van der Waals surface area contributed by atoms with Crippen molar-refractivity contribution in [1.82, 2.24) is 10.3 Å². The molecule has 0 spiro atoms. The Morgan fingerprint density at radius 1 is 0.900 bits per heavy atom. The highest BCUT2D eigenvalue weighted by Gasteiger charge is 2.25. The lowest BCUT2D eigenvalue weighted by Gasteiger charge is -2.24. The van der Waals surface area contributed by atoms with Gasteiger partial charge < -0.3 is 14.6 Å². The smallest absolute Gasteiger partial charge is 0.378 e. The van der Waals surface area contributed by atoms with Crippen molar-refractivity contribution in [1.29, 1.82) is 0 Å². The molecular formula is C14H2B9FN2O4. The summed E-state index contributed by atoms with van der Waals surface area (Å²) in [6.45, 7) is 0. The first-order valence-corrected chi connectivity index (χ1v) is 7.82. The number of carbonyl (C=O) groups is 2. The Bertz CT molecular complexity index is 1020. The van der Waals surface area contributed by atoms with E-state index in [1.807, 2.05) is 5.32 Å². The summed E-state index contributed by atoms with van der Waals surface area (Å²) in [5.74, 6) is -5.49. The second kappa shape index (κ2) is 9.19. The van der Waals surface area contributed by atoms with Crippen LogP contribution in [0.25, 0.3) is 11.1 Å². The summed E-state index contributed by atoms with van der Waals surface area (Å²) in [5.41, 5.74) is -3.45. The normalized spacial score (nSPS) is 11.5. The number of amides is 1. The minimum Gasteiger partial charge on any atom is -0.567 e. The molecule has 0 saturated carbocycles. The van der Waals surface area contributed by atoms with Crippen LogP contribution in [0.1, 0.15) is 10.5 Å². The van der Waals surface area contributed by atoms with Crippen molar-refractivity contribution in [3.8, 4) is 16.9 Å². The molecule has 0 bridgehead atoms. The third-order valence-electron chi connectivity index (χ3n) is 4.05. The molecular weight excluding hydrogens is 376 g/mol. The molecule has 1 atom stereocenters. The first-order valence-electron chi connectivity index (χ1n) is 7.82. The number of halogens is 1. The first-order chi connectivity index (χ1) is 14.0. The standard InChI is InChI=1S/C14H2B9FN2O4/c15-3-1(4(16)8(24)7(19)6(3)18)2-5(17)10(29-22)9(25-11(2)20)13(27)26-12(21)14(28)30-23/h12H,(H,26,27). The van der Waals surface area contributed by atoms with Gasteiger partial charge in [-0.1, -0.05) is 16.4 Å². The molecule has 1 heterocycles. The van der Waals surface area contributed by atoms with Crippen LogP contribution in [0.5, 0.6) is 5.75 Å². The number of rotatable bonds is 5. The molecule has 2 rings (SSSR count). The zero-order valence-electron chi connectivity index (χ0n) is 15.2. The van der Waals surface area contributed by atoms with E-state index in [2.05, 4.69) is 22.3 Å². The molecule has 1 aromatic carbocycles. The van der Waals surface area contributed by atoms with Crippen LogP contribution in [0, 0.1) is 5.82 Å². The van der Waals surface area contributed by atoms with Gasteiger partial charge in [-0.15, -0.1) is 5.46 Å². The number of pyridine rings is 1. The fourth-order valence-corrected chi connectivity index (χ4v) is 2.55. The quantitative estimate of drug-likeness (QED) is 0.524. The monoisotopic (exact) mass is 380 g/mol. The van der Waals surface area contributed by atoms with Crippen molar-refractivity contribution < 1.29 is 23.3 Å². The second-order valence-corrected chi connectivity index (χ2v) is 5.81. The zero-order valence-corrected chi connectivity index (χ0v) is 15.2. The number of hydrogen-bond donors (Lipinski definition) is 1. The molecule has 18 radical (unpaired) electrons. The molecule has 1 amide bonds. The van der Waals surface area contributed by atoms with Crippen LogP contribution in [-0.4, -0.2) is 93.8 Å². The van der Waals surface area contributed by atoms with Gasteiger partial charge in [-0.3, -0.25) is 14.6 Å². The maximum atomic E-state index is 14.3. The zero-order chi connectivity index (χ0) is 22.9. The fourth-order valence-electron chi connectivity index (χ4n) is 2.55. The van der Waals surface area contributed by atoms with E-state index in [1.54, 1.807) is 0 Å². The lowest BCUT2D eigenvalue weighted by molar-refractivity contribution is -0.134. The summed E-state index contributed by atoms with van der Waals surface area (Å²) in [5, 5.41) is 2.01. The molecule has 6 nitrogen and oxygen atoms in total. The second-order valence-electron chi connectivity index (χ2n) is 5.81. The van der Waals surface area contributed by atoms with E-state index in [4.69, 9.17) is 63.0 Å². The van der Waals surface area contributed by atoms with Crippen molar-refractivity contribution in [2.24, 2.45) is 0 Å². The fraction of sp³-hybridized carbons (Fsp3) is 0.0714. The van der Waals surface area contributed by atoms with E-state index in [1.165, 1.54) is 0 Å². The van der Waals surface area contributed by atoms with Crippen LogP contribution in [0.15, 0.2) is 0 Å². The summed E-state index contributed by atoms with van der Waals surface area (Å²) in [7, 11) is 50.1. The third kappa shape index (κ3) is 4.09. The van der Waals surface area contributed by atoms with E-state index in [0.29, 0.717) is 0 Å². The Kier molecular flexibility index (Phi) is 7.32. The van der Waals surface area contributed by atoms with Gasteiger partial charge in [0.05, 0.1) is 5.94 Å². The molecule has 30 heavy (non-hydrogen) atoms. The van der Waals surface area contributed by atoms with Crippen molar-refractivity contribution in [3.05, 3.63) is 11.5 Å². The van der Waals surface area contributed by atoms with E-state index >= 15 is 0 Å². The topological polar surface area (TPSA) is 77.5 Å². The predicted octanol–water partition coefficient (Wildman–Crippen LogP) is -7.04. The summed E-state index contributed by atoms with van der Waals surface area (Å²) in [4.78, 5) is 27.5. The van der Waals surface area contributed by atoms with Crippen LogP contribution < -0.4 is 42.9 Å². The van der Waals surface area contributed by atoms with Gasteiger partial charge in [-0.05, 0) is 22.2 Å². The van der Waals surface area contributed by atoms with E-state index in [-0.39, 0.29) is 22.1 Å². The van der Waals surface area contributed by atoms with Crippen LogP contribution >= 0.6 is 0 Å². The molecule has 0 aliphatic heterocycles. The molecule has 1 unspecified atom stereocenters. The molecule has 1 N–H and O–H groups in total. The molecule has 0 aliphatic rings. The van der Waals surface area contributed by atoms with Crippen molar-refractivity contribution >= 4 is 116 Å². The van der Waals surface area contributed by atoms with Crippen LogP contribution in [-0.2, 0) is 9.45 Å². The average molecular weight is 378 g/mol. The largest absolute Gasteiger partial charge is 0.567 e. The van der Waals surface area contributed by atoms with Crippen molar-refractivity contribution in [3.63, 3.8) is 0 Å². The molecule has 0 saturated heterocycles. The Balaban J connectivity index is 2.71. The maximum Gasteiger partial charge on any atom is 0.378 e. The number of nitrogens with one attached hydrogen (secondary N) is 1. The summed E-state index contributed by atoms with van der Waals surface area (Å²) < 4.78 is 22.9. The van der Waals surface area contributed by atoms with Crippen LogP contribution in [0.2, 0.25) is 0 Å². The number of nitrogens with zero attached hydrogens (tertiary/aromatic N) is 1. The highest BCUT2D eigenvalue weighted by Crippen LogP contribution is 2.18. The SMILES string of the molecule is [B]OC(=O)C([B])NC(=O)c1nc([B])c(-c2c([B])c([B])c([B])c(F)c2[B])c([B])c1O[B]. The minimum absolute atomic E-state index is 0.224. The summed E-state index contributed by atoms with van der Waals surface area (Å²) in [6.07, 6.45) is 0. The minimum atomic E-state index is -1.66. The first kappa shape index (κ1) is 23.9. The predicted molar refractivity (Wildman–Crippen MR) is 117 cm³/mol. The van der Waals surface area contributed by atoms with Gasteiger partial charge in [-0.25, -0.2) is 4.39 Å². The van der Waals surface area contributed by atoms with Crippen molar-refractivity contribution in [2.45, 2.75) is 5.94 Å². The lowest BCUT2D eigenvalue weighted by atomic mass is 9.63. The molecule has 126 valence electrons. The molecule has 16 heteroatoms. The summed E-state index contributed by atoms with van der Waals surface area (Å²) >= 11 is 0. The van der Waals surface area contributed by atoms with E-state index < -0.39 is 57.1 Å². The van der Waals surface area contributed by atoms with Crippen LogP contribution in [0.3, 0.4) is 0 Å². The van der Waals surface area contributed by atoms with Gasteiger partial charge >= 0.3 is 22.1 Å². The molecule has 1 aromatic heterocycles. The van der Waals surface area contributed by atoms with Gasteiger partial charge in [-0.2, -0.15) is 0 Å². The van der Waals surface area contributed by atoms with E-state index in [9.17, 15) is 14.0 Å². The Labute approximate surface area is 184 Å². The van der Waals surface area contributed by atoms with Crippen LogP contribution in [0.4, 0.5) is 4.39 Å². The third-order valence-corrected chi connectivity index (χ3v) is 4.05. The van der Waals surface area contributed by atoms with Gasteiger partial charge in [0.1, 0.15) is 66.5 Å². The van der Waals surface area contributed by atoms with Gasteiger partial charge in [0, 0.05) is 0 Å². The number of hydrogen-bond acceptors (Lipinski definition) is 5. The highest BCUT2D eigenvalue weighted by molar-refractivity contribution is 6.62. The van der Waals surface area contributed by atoms with Gasteiger partial charge in [0.2, 0.25) is 0 Å². The molecule has 0 aliphatic carbocycles. The Morgan fingerprint density at radius 2 is 1.50 bits per heavy atom. The number of aromatic nitrogens is 1. The van der Waals surface area contributed by atoms with E-state index in [0.717, 1.165) is 0 Å². The highest BCUT2D eigenvalue weighted by atomic mass is 19.1.